The van der Waals surface area contributed by atoms with Crippen molar-refractivity contribution in [2.24, 2.45) is 5.92 Å². The molecule has 1 aromatic rings. The third-order valence-corrected chi connectivity index (χ3v) is 2.87. The maximum atomic E-state index is 5.57. The van der Waals surface area contributed by atoms with E-state index < -0.39 is 0 Å². The lowest BCUT2D eigenvalue weighted by molar-refractivity contribution is 0.125. The second kappa shape index (κ2) is 8.28. The van der Waals surface area contributed by atoms with Crippen LogP contribution in [0.5, 0.6) is 0 Å². The summed E-state index contributed by atoms with van der Waals surface area (Å²) in [6, 6.07) is 6.68. The minimum atomic E-state index is 0.730. The summed E-state index contributed by atoms with van der Waals surface area (Å²) in [6.45, 7) is 12.3. The minimum Gasteiger partial charge on any atom is -0.380 e. The summed E-state index contributed by atoms with van der Waals surface area (Å²) < 4.78 is 5.57. The highest BCUT2D eigenvalue weighted by molar-refractivity contribution is 5.28. The molecule has 0 saturated carbocycles. The van der Waals surface area contributed by atoms with Gasteiger partial charge in [0.25, 0.3) is 0 Å². The van der Waals surface area contributed by atoms with Gasteiger partial charge in [0.15, 0.2) is 0 Å². The average Bonchev–Trinajstić information content (AvgIpc) is 2.26. The molecule has 1 N–H and O–H groups in total. The van der Waals surface area contributed by atoms with Gasteiger partial charge in [0.1, 0.15) is 0 Å². The largest absolute Gasteiger partial charge is 0.380 e. The van der Waals surface area contributed by atoms with Crippen LogP contribution >= 0.6 is 0 Å². The van der Waals surface area contributed by atoms with Crippen LogP contribution in [0.2, 0.25) is 0 Å². The smallest absolute Gasteiger partial charge is 0.0591 e. The highest BCUT2D eigenvalue weighted by Gasteiger charge is 1.97. The average molecular weight is 249 g/mol. The first-order valence-electron chi connectivity index (χ1n) is 6.93. The molecule has 0 spiro atoms. The van der Waals surface area contributed by atoms with Crippen LogP contribution in [0.25, 0.3) is 0 Å². The quantitative estimate of drug-likeness (QED) is 0.712. The Morgan fingerprint density at radius 1 is 1.06 bits per heavy atom. The van der Waals surface area contributed by atoms with Crippen LogP contribution in [-0.2, 0) is 11.3 Å². The van der Waals surface area contributed by atoms with Gasteiger partial charge in [-0.2, -0.15) is 0 Å². The summed E-state index contributed by atoms with van der Waals surface area (Å²) in [6.07, 6.45) is 1.15. The van der Waals surface area contributed by atoms with Crippen molar-refractivity contribution >= 4 is 0 Å². The third-order valence-electron chi connectivity index (χ3n) is 2.87. The zero-order valence-corrected chi connectivity index (χ0v) is 12.3. The number of hydrogen-bond acceptors (Lipinski definition) is 2. The fourth-order valence-electron chi connectivity index (χ4n) is 1.97. The lowest BCUT2D eigenvalue weighted by Crippen LogP contribution is -2.19. The molecule has 0 bridgehead atoms. The van der Waals surface area contributed by atoms with Crippen molar-refractivity contribution < 1.29 is 4.74 Å². The van der Waals surface area contributed by atoms with Gasteiger partial charge >= 0.3 is 0 Å². The molecule has 0 fully saturated rings. The van der Waals surface area contributed by atoms with Gasteiger partial charge in [-0.25, -0.2) is 0 Å². The molecule has 0 heterocycles. The molecule has 0 atom stereocenters. The van der Waals surface area contributed by atoms with Gasteiger partial charge in [0.05, 0.1) is 6.61 Å². The van der Waals surface area contributed by atoms with Crippen molar-refractivity contribution in [2.75, 3.05) is 19.8 Å². The number of ether oxygens (including phenoxy) is 1. The van der Waals surface area contributed by atoms with E-state index in [9.17, 15) is 0 Å². The second-order valence-corrected chi connectivity index (χ2v) is 5.47. The van der Waals surface area contributed by atoms with Gasteiger partial charge in [-0.3, -0.25) is 0 Å². The Morgan fingerprint density at radius 2 is 1.72 bits per heavy atom. The normalized spacial score (nSPS) is 11.2. The summed E-state index contributed by atoms with van der Waals surface area (Å²) in [7, 11) is 0. The minimum absolute atomic E-state index is 0.730. The van der Waals surface area contributed by atoms with E-state index in [0.717, 1.165) is 38.6 Å². The molecule has 0 aromatic heterocycles. The Balaban J connectivity index is 2.10. The second-order valence-electron chi connectivity index (χ2n) is 5.47. The molecule has 0 aliphatic carbocycles. The lowest BCUT2D eigenvalue weighted by atomic mass is 10.1. The van der Waals surface area contributed by atoms with Crippen molar-refractivity contribution in [3.05, 3.63) is 34.9 Å². The third kappa shape index (κ3) is 6.77. The summed E-state index contributed by atoms with van der Waals surface area (Å²) >= 11 is 0. The Kier molecular flexibility index (Phi) is 6.99. The zero-order valence-electron chi connectivity index (χ0n) is 12.3. The van der Waals surface area contributed by atoms with Crippen LogP contribution in [-0.4, -0.2) is 19.8 Å². The van der Waals surface area contributed by atoms with Crippen molar-refractivity contribution in [2.45, 2.75) is 40.7 Å². The molecule has 0 amide bonds. The van der Waals surface area contributed by atoms with E-state index in [-0.39, 0.29) is 0 Å². The van der Waals surface area contributed by atoms with Gasteiger partial charge < -0.3 is 10.1 Å². The van der Waals surface area contributed by atoms with Crippen LogP contribution in [0.1, 0.15) is 37.0 Å². The maximum Gasteiger partial charge on any atom is 0.0591 e. The first-order valence-corrected chi connectivity index (χ1v) is 6.93. The summed E-state index contributed by atoms with van der Waals surface area (Å²) in [5.74, 6) is 0.730. The first kappa shape index (κ1) is 15.2. The molecule has 0 aliphatic rings. The standard InChI is InChI=1S/C16H27NO/c1-13(2)5-7-18-8-6-17-12-16-10-14(3)9-15(4)11-16/h9-11,13,17H,5-8,12H2,1-4H3. The molecule has 1 aromatic carbocycles. The number of nitrogens with one attached hydrogen (secondary N) is 1. The molecule has 0 unspecified atom stereocenters. The van der Waals surface area contributed by atoms with Crippen LogP contribution in [0.15, 0.2) is 18.2 Å². The van der Waals surface area contributed by atoms with Crippen LogP contribution in [0.3, 0.4) is 0 Å². The highest BCUT2D eigenvalue weighted by atomic mass is 16.5. The Morgan fingerprint density at radius 3 is 2.33 bits per heavy atom. The number of benzene rings is 1. The van der Waals surface area contributed by atoms with Gasteiger partial charge in [-0.05, 0) is 31.7 Å². The molecular weight excluding hydrogens is 222 g/mol. The van der Waals surface area contributed by atoms with E-state index in [1.54, 1.807) is 0 Å². The Labute approximate surface area is 112 Å². The number of aryl methyl sites for hydroxylation is 2. The van der Waals surface area contributed by atoms with E-state index in [1.807, 2.05) is 0 Å². The van der Waals surface area contributed by atoms with E-state index in [1.165, 1.54) is 16.7 Å². The SMILES string of the molecule is Cc1cc(C)cc(CNCCOCCC(C)C)c1. The first-order chi connectivity index (χ1) is 8.58. The zero-order chi connectivity index (χ0) is 13.4. The molecule has 1 rings (SSSR count). The summed E-state index contributed by atoms with van der Waals surface area (Å²) in [4.78, 5) is 0. The van der Waals surface area contributed by atoms with Gasteiger partial charge in [-0.15, -0.1) is 0 Å². The topological polar surface area (TPSA) is 21.3 Å². The molecule has 0 saturated heterocycles. The van der Waals surface area contributed by atoms with Crippen molar-refractivity contribution in [1.29, 1.82) is 0 Å². The maximum absolute atomic E-state index is 5.57. The number of hydrogen-bond donors (Lipinski definition) is 1. The molecule has 2 nitrogen and oxygen atoms in total. The predicted molar refractivity (Wildman–Crippen MR) is 77.9 cm³/mol. The van der Waals surface area contributed by atoms with Gasteiger partial charge in [0, 0.05) is 19.7 Å². The van der Waals surface area contributed by atoms with Crippen LogP contribution in [0.4, 0.5) is 0 Å². The Bertz CT molecular complexity index is 327. The number of rotatable bonds is 8. The van der Waals surface area contributed by atoms with Gasteiger partial charge in [0.2, 0.25) is 0 Å². The van der Waals surface area contributed by atoms with E-state index >= 15 is 0 Å². The fourth-order valence-corrected chi connectivity index (χ4v) is 1.97. The summed E-state index contributed by atoms with van der Waals surface area (Å²) in [5.41, 5.74) is 4.02. The Hall–Kier alpha value is -0.860. The monoisotopic (exact) mass is 249 g/mol. The predicted octanol–water partition coefficient (Wildman–Crippen LogP) is 3.46. The molecular formula is C16H27NO. The van der Waals surface area contributed by atoms with E-state index in [4.69, 9.17) is 4.74 Å². The van der Waals surface area contributed by atoms with Gasteiger partial charge in [-0.1, -0.05) is 43.2 Å². The fraction of sp³-hybridized carbons (Fsp3) is 0.625. The van der Waals surface area contributed by atoms with E-state index in [2.05, 4.69) is 51.2 Å². The van der Waals surface area contributed by atoms with Crippen molar-refractivity contribution in [1.82, 2.24) is 5.32 Å². The molecule has 18 heavy (non-hydrogen) atoms. The van der Waals surface area contributed by atoms with Crippen LogP contribution in [0, 0.1) is 19.8 Å². The lowest BCUT2D eigenvalue weighted by Gasteiger charge is -2.09. The molecule has 102 valence electrons. The summed E-state index contributed by atoms with van der Waals surface area (Å²) in [5, 5.41) is 3.42. The molecule has 2 heteroatoms. The molecule has 0 aliphatic heterocycles. The van der Waals surface area contributed by atoms with Crippen LogP contribution < -0.4 is 5.32 Å². The van der Waals surface area contributed by atoms with E-state index in [0.29, 0.717) is 0 Å². The molecule has 0 radical (unpaired) electrons. The van der Waals surface area contributed by atoms with Crippen molar-refractivity contribution in [3.8, 4) is 0 Å². The van der Waals surface area contributed by atoms with Crippen molar-refractivity contribution in [3.63, 3.8) is 0 Å². The highest BCUT2D eigenvalue weighted by Crippen LogP contribution is 2.08.